The van der Waals surface area contributed by atoms with Crippen molar-refractivity contribution in [2.75, 3.05) is 0 Å². The number of rotatable bonds is 3. The van der Waals surface area contributed by atoms with E-state index in [1.165, 1.54) is 21.7 Å². The average Bonchev–Trinajstić information content (AvgIpc) is 2.89. The summed E-state index contributed by atoms with van der Waals surface area (Å²) in [6.07, 6.45) is 7.56. The molecule has 0 saturated carbocycles. The first-order valence-electron chi connectivity index (χ1n) is 11.0. The third-order valence-corrected chi connectivity index (χ3v) is 6.19. The number of fused-ring (bicyclic) bond motifs is 3. The van der Waals surface area contributed by atoms with Crippen LogP contribution in [0.2, 0.25) is 0 Å². The number of aryl methyl sites for hydroxylation is 1. The topological polar surface area (TPSA) is 38.7 Å². The number of hydrogen-bond acceptors (Lipinski definition) is 3. The van der Waals surface area contributed by atoms with Gasteiger partial charge >= 0.3 is 0 Å². The van der Waals surface area contributed by atoms with Gasteiger partial charge in [-0.05, 0) is 70.8 Å². The Morgan fingerprint density at radius 2 is 1.30 bits per heavy atom. The fraction of sp³-hybridized carbons (Fsp3) is 0.0333. The van der Waals surface area contributed by atoms with Crippen LogP contribution in [-0.2, 0) is 0 Å². The lowest BCUT2D eigenvalue weighted by molar-refractivity contribution is 1.31. The molecule has 156 valence electrons. The van der Waals surface area contributed by atoms with Gasteiger partial charge in [0.25, 0.3) is 0 Å². The Morgan fingerprint density at radius 1 is 0.545 bits per heavy atom. The van der Waals surface area contributed by atoms with Gasteiger partial charge in [-0.25, -0.2) is 0 Å². The summed E-state index contributed by atoms with van der Waals surface area (Å²) in [6.45, 7) is 2.14. The number of hydrogen-bond donors (Lipinski definition) is 0. The number of benzene rings is 3. The standard InChI is InChI=1S/C30H21N3/c1-20-11-12-21(29-10-4-5-13-32-29)16-27(20)22-15-23(19-31-18-22)28-17-30-26(9-6-14-33-30)24-7-2-3-8-25(24)28/h2-19H,1H3. The molecule has 0 N–H and O–H groups in total. The van der Waals surface area contributed by atoms with Crippen molar-refractivity contribution in [3.05, 3.63) is 115 Å². The van der Waals surface area contributed by atoms with Crippen molar-refractivity contribution in [1.29, 1.82) is 0 Å². The van der Waals surface area contributed by atoms with E-state index in [4.69, 9.17) is 0 Å². The van der Waals surface area contributed by atoms with Crippen LogP contribution in [0, 0.1) is 6.92 Å². The van der Waals surface area contributed by atoms with Crippen molar-refractivity contribution < 1.29 is 0 Å². The molecule has 3 heteroatoms. The summed E-state index contributed by atoms with van der Waals surface area (Å²) in [5.74, 6) is 0. The Morgan fingerprint density at radius 3 is 2.15 bits per heavy atom. The Bertz CT molecular complexity index is 1620. The van der Waals surface area contributed by atoms with Crippen LogP contribution in [0.1, 0.15) is 5.56 Å². The molecule has 0 unspecified atom stereocenters. The molecule has 0 atom stereocenters. The highest BCUT2D eigenvalue weighted by Gasteiger charge is 2.12. The van der Waals surface area contributed by atoms with E-state index in [1.807, 2.05) is 49.1 Å². The Kier molecular flexibility index (Phi) is 4.66. The highest BCUT2D eigenvalue weighted by atomic mass is 14.7. The molecule has 6 rings (SSSR count). The van der Waals surface area contributed by atoms with Crippen molar-refractivity contribution in [1.82, 2.24) is 15.0 Å². The fourth-order valence-corrected chi connectivity index (χ4v) is 4.53. The Balaban J connectivity index is 1.54. The second kappa shape index (κ2) is 7.95. The highest BCUT2D eigenvalue weighted by molar-refractivity contribution is 6.12. The summed E-state index contributed by atoms with van der Waals surface area (Å²) < 4.78 is 0. The molecular formula is C30H21N3. The maximum absolute atomic E-state index is 4.63. The summed E-state index contributed by atoms with van der Waals surface area (Å²) in [5.41, 5.74) is 8.74. The van der Waals surface area contributed by atoms with Crippen molar-refractivity contribution in [2.45, 2.75) is 6.92 Å². The zero-order valence-corrected chi connectivity index (χ0v) is 18.2. The smallest absolute Gasteiger partial charge is 0.0714 e. The first-order valence-corrected chi connectivity index (χ1v) is 11.0. The van der Waals surface area contributed by atoms with Gasteiger partial charge in [0.2, 0.25) is 0 Å². The van der Waals surface area contributed by atoms with Crippen LogP contribution in [0.3, 0.4) is 0 Å². The predicted molar refractivity (Wildman–Crippen MR) is 136 cm³/mol. The number of pyridine rings is 3. The van der Waals surface area contributed by atoms with E-state index in [9.17, 15) is 0 Å². The zero-order chi connectivity index (χ0) is 22.2. The molecule has 0 aliphatic carbocycles. The third kappa shape index (κ3) is 3.44. The van der Waals surface area contributed by atoms with E-state index in [0.717, 1.165) is 39.0 Å². The Labute approximate surface area is 192 Å². The molecule has 0 aliphatic heterocycles. The summed E-state index contributed by atoms with van der Waals surface area (Å²) in [7, 11) is 0. The Hall–Kier alpha value is -4.37. The van der Waals surface area contributed by atoms with Crippen LogP contribution < -0.4 is 0 Å². The normalized spacial score (nSPS) is 11.2. The molecule has 0 fully saturated rings. The fourth-order valence-electron chi connectivity index (χ4n) is 4.53. The molecule has 6 aromatic rings. The SMILES string of the molecule is Cc1ccc(-c2ccccn2)cc1-c1cncc(-c2cc3ncccc3c3ccccc23)c1. The van der Waals surface area contributed by atoms with E-state index in [-0.39, 0.29) is 0 Å². The molecule has 0 saturated heterocycles. The zero-order valence-electron chi connectivity index (χ0n) is 18.2. The number of aromatic nitrogens is 3. The van der Waals surface area contributed by atoms with E-state index >= 15 is 0 Å². The van der Waals surface area contributed by atoms with Gasteiger partial charge in [-0.15, -0.1) is 0 Å². The van der Waals surface area contributed by atoms with Crippen molar-refractivity contribution in [3.8, 4) is 33.5 Å². The first-order chi connectivity index (χ1) is 16.3. The van der Waals surface area contributed by atoms with Gasteiger partial charge in [0.1, 0.15) is 0 Å². The lowest BCUT2D eigenvalue weighted by Crippen LogP contribution is -1.91. The quantitative estimate of drug-likeness (QED) is 0.277. The van der Waals surface area contributed by atoms with Gasteiger partial charge in [-0.3, -0.25) is 15.0 Å². The van der Waals surface area contributed by atoms with Crippen LogP contribution in [0.15, 0.2) is 110 Å². The molecule has 3 aromatic heterocycles. The van der Waals surface area contributed by atoms with E-state index < -0.39 is 0 Å². The molecule has 33 heavy (non-hydrogen) atoms. The summed E-state index contributed by atoms with van der Waals surface area (Å²) >= 11 is 0. The monoisotopic (exact) mass is 423 g/mol. The van der Waals surface area contributed by atoms with Gasteiger partial charge in [0.15, 0.2) is 0 Å². The van der Waals surface area contributed by atoms with Gasteiger partial charge in [-0.1, -0.05) is 48.5 Å². The molecule has 0 aliphatic rings. The minimum atomic E-state index is 0.967. The second-order valence-electron chi connectivity index (χ2n) is 8.25. The van der Waals surface area contributed by atoms with E-state index in [1.54, 1.807) is 0 Å². The average molecular weight is 424 g/mol. The molecule has 3 aromatic carbocycles. The highest BCUT2D eigenvalue weighted by Crippen LogP contribution is 2.36. The molecule has 0 radical (unpaired) electrons. The number of nitrogens with zero attached hydrogens (tertiary/aromatic N) is 3. The molecule has 0 amide bonds. The largest absolute Gasteiger partial charge is 0.263 e. The first kappa shape index (κ1) is 19.3. The molecule has 0 spiro atoms. The van der Waals surface area contributed by atoms with Crippen LogP contribution >= 0.6 is 0 Å². The van der Waals surface area contributed by atoms with Gasteiger partial charge in [-0.2, -0.15) is 0 Å². The van der Waals surface area contributed by atoms with Gasteiger partial charge in [0, 0.05) is 46.9 Å². The summed E-state index contributed by atoms with van der Waals surface area (Å²) in [6, 6.07) is 29.5. The third-order valence-electron chi connectivity index (χ3n) is 6.19. The second-order valence-corrected chi connectivity index (χ2v) is 8.25. The van der Waals surface area contributed by atoms with E-state index in [0.29, 0.717) is 0 Å². The predicted octanol–water partition coefficient (Wildman–Crippen LogP) is 7.49. The lowest BCUT2D eigenvalue weighted by atomic mass is 9.93. The van der Waals surface area contributed by atoms with E-state index in [2.05, 4.69) is 82.5 Å². The minimum absolute atomic E-state index is 0.967. The summed E-state index contributed by atoms with van der Waals surface area (Å²) in [5, 5.41) is 3.58. The van der Waals surface area contributed by atoms with Crippen molar-refractivity contribution in [3.63, 3.8) is 0 Å². The molecule has 0 bridgehead atoms. The molecule has 3 nitrogen and oxygen atoms in total. The van der Waals surface area contributed by atoms with Crippen LogP contribution in [0.5, 0.6) is 0 Å². The summed E-state index contributed by atoms with van der Waals surface area (Å²) in [4.78, 5) is 13.8. The maximum Gasteiger partial charge on any atom is 0.0714 e. The van der Waals surface area contributed by atoms with Crippen LogP contribution in [-0.4, -0.2) is 15.0 Å². The van der Waals surface area contributed by atoms with Gasteiger partial charge < -0.3 is 0 Å². The van der Waals surface area contributed by atoms with Crippen molar-refractivity contribution in [2.24, 2.45) is 0 Å². The van der Waals surface area contributed by atoms with Crippen molar-refractivity contribution >= 4 is 21.7 Å². The molecule has 3 heterocycles. The van der Waals surface area contributed by atoms with Gasteiger partial charge in [0.05, 0.1) is 11.2 Å². The maximum atomic E-state index is 4.63. The van der Waals surface area contributed by atoms with Crippen LogP contribution in [0.25, 0.3) is 55.2 Å². The van der Waals surface area contributed by atoms with Crippen LogP contribution in [0.4, 0.5) is 0 Å². The minimum Gasteiger partial charge on any atom is -0.263 e. The molecular weight excluding hydrogens is 402 g/mol. The lowest BCUT2D eigenvalue weighted by Gasteiger charge is -2.13.